The molecule has 0 atom stereocenters. The third-order valence-electron chi connectivity index (χ3n) is 5.94. The standard InChI is InChI=1S/C24H26N2O5/c1-24(2)12-16-11-21(30-5)20(29-4)10-15(16)8-18(26(24)3)23(28)14-6-7-17-19(9-14)31-13-22(27)25-17/h6-11H,12-13H2,1-5H3,(H,25,27). The SMILES string of the molecule is COc1cc2c(cc1OC)CC(C)(C)N(C)C(C(=O)c1ccc3c(c1)OCC(=O)N3)=C2. The third-order valence-corrected chi connectivity index (χ3v) is 5.94. The number of methoxy groups -OCH3 is 2. The zero-order valence-electron chi connectivity index (χ0n) is 18.4. The molecule has 4 rings (SSSR count). The normalized spacial score (nSPS) is 16.7. The number of nitrogens with one attached hydrogen (secondary N) is 1. The first kappa shape index (κ1) is 20.8. The molecule has 0 unspecified atom stereocenters. The lowest BCUT2D eigenvalue weighted by molar-refractivity contribution is -0.118. The van der Waals surface area contributed by atoms with Gasteiger partial charge in [-0.3, -0.25) is 9.59 Å². The van der Waals surface area contributed by atoms with Crippen molar-refractivity contribution in [3.05, 3.63) is 52.7 Å². The molecular weight excluding hydrogens is 396 g/mol. The number of Topliss-reactive ketones (excluding diaryl/α,β-unsaturated/α-hetero) is 1. The molecular formula is C24H26N2O5. The Morgan fingerprint density at radius 3 is 2.55 bits per heavy atom. The fraction of sp³-hybridized carbons (Fsp3) is 0.333. The van der Waals surface area contributed by atoms with Gasteiger partial charge in [-0.05, 0) is 67.8 Å². The van der Waals surface area contributed by atoms with Gasteiger partial charge in [0.2, 0.25) is 5.78 Å². The molecule has 0 aromatic heterocycles. The first-order valence-corrected chi connectivity index (χ1v) is 10.1. The highest BCUT2D eigenvalue weighted by atomic mass is 16.5. The average Bonchev–Trinajstić information content (AvgIpc) is 2.85. The Bertz CT molecular complexity index is 1100. The van der Waals surface area contributed by atoms with Crippen LogP contribution in [-0.2, 0) is 11.2 Å². The Hall–Kier alpha value is -3.48. The number of likely N-dealkylation sites (N-methyl/N-ethyl adjacent to an activating group) is 1. The second kappa shape index (κ2) is 7.65. The van der Waals surface area contributed by atoms with E-state index in [0.717, 1.165) is 17.5 Å². The zero-order valence-corrected chi connectivity index (χ0v) is 18.4. The molecule has 7 nitrogen and oxygen atoms in total. The summed E-state index contributed by atoms with van der Waals surface area (Å²) in [5, 5.41) is 2.75. The lowest BCUT2D eigenvalue weighted by Crippen LogP contribution is -2.43. The summed E-state index contributed by atoms with van der Waals surface area (Å²) in [6.45, 7) is 4.14. The van der Waals surface area contributed by atoms with Crippen LogP contribution in [-0.4, -0.2) is 50.0 Å². The number of carbonyl (C=O) groups is 2. The van der Waals surface area contributed by atoms with Gasteiger partial charge in [0.1, 0.15) is 5.75 Å². The van der Waals surface area contributed by atoms with Crippen molar-refractivity contribution in [2.24, 2.45) is 0 Å². The summed E-state index contributed by atoms with van der Waals surface area (Å²) in [7, 11) is 5.14. The summed E-state index contributed by atoms with van der Waals surface area (Å²) in [5.41, 5.74) is 3.31. The van der Waals surface area contributed by atoms with Crippen molar-refractivity contribution in [2.45, 2.75) is 25.8 Å². The van der Waals surface area contributed by atoms with Crippen LogP contribution < -0.4 is 19.5 Å². The topological polar surface area (TPSA) is 77.1 Å². The van der Waals surface area contributed by atoms with E-state index in [2.05, 4.69) is 19.2 Å². The van der Waals surface area contributed by atoms with Gasteiger partial charge in [-0.2, -0.15) is 0 Å². The van der Waals surface area contributed by atoms with Crippen LogP contribution in [0.25, 0.3) is 6.08 Å². The number of hydrogen-bond donors (Lipinski definition) is 1. The number of ketones is 1. The van der Waals surface area contributed by atoms with E-state index in [0.29, 0.717) is 34.2 Å². The molecule has 0 aliphatic carbocycles. The number of fused-ring (bicyclic) bond motifs is 2. The predicted molar refractivity (Wildman–Crippen MR) is 118 cm³/mol. The Balaban J connectivity index is 1.80. The molecule has 1 N–H and O–H groups in total. The maximum Gasteiger partial charge on any atom is 0.262 e. The first-order valence-electron chi connectivity index (χ1n) is 10.1. The summed E-state index contributed by atoms with van der Waals surface area (Å²) in [5.74, 6) is 1.44. The first-order chi connectivity index (χ1) is 14.7. The highest BCUT2D eigenvalue weighted by molar-refractivity contribution is 6.12. The van der Waals surface area contributed by atoms with E-state index in [-0.39, 0.29) is 23.8 Å². The Morgan fingerprint density at radius 1 is 1.13 bits per heavy atom. The molecule has 0 radical (unpaired) electrons. The minimum absolute atomic E-state index is 0.0602. The number of benzene rings is 2. The minimum Gasteiger partial charge on any atom is -0.493 e. The van der Waals surface area contributed by atoms with Gasteiger partial charge < -0.3 is 24.4 Å². The second-order valence-corrected chi connectivity index (χ2v) is 8.36. The molecule has 162 valence electrons. The van der Waals surface area contributed by atoms with E-state index in [9.17, 15) is 9.59 Å². The van der Waals surface area contributed by atoms with Crippen molar-refractivity contribution in [1.29, 1.82) is 0 Å². The summed E-state index contributed by atoms with van der Waals surface area (Å²) in [4.78, 5) is 27.1. The van der Waals surface area contributed by atoms with E-state index in [1.54, 1.807) is 32.4 Å². The Morgan fingerprint density at radius 2 is 1.84 bits per heavy atom. The summed E-state index contributed by atoms with van der Waals surface area (Å²) in [6.07, 6.45) is 2.63. The van der Waals surface area contributed by atoms with Gasteiger partial charge in [0.25, 0.3) is 5.91 Å². The highest BCUT2D eigenvalue weighted by Crippen LogP contribution is 2.38. The zero-order chi connectivity index (χ0) is 22.3. The molecule has 31 heavy (non-hydrogen) atoms. The van der Waals surface area contributed by atoms with Crippen molar-refractivity contribution >= 4 is 23.5 Å². The van der Waals surface area contributed by atoms with Gasteiger partial charge in [-0.1, -0.05) is 0 Å². The molecule has 2 aliphatic rings. The largest absolute Gasteiger partial charge is 0.493 e. The second-order valence-electron chi connectivity index (χ2n) is 8.36. The molecule has 0 saturated carbocycles. The van der Waals surface area contributed by atoms with Gasteiger partial charge >= 0.3 is 0 Å². The van der Waals surface area contributed by atoms with E-state index >= 15 is 0 Å². The number of nitrogens with zero attached hydrogens (tertiary/aromatic N) is 1. The number of rotatable bonds is 4. The van der Waals surface area contributed by atoms with Crippen LogP contribution in [0.1, 0.15) is 35.3 Å². The average molecular weight is 422 g/mol. The molecule has 2 aromatic carbocycles. The monoisotopic (exact) mass is 422 g/mol. The fourth-order valence-electron chi connectivity index (χ4n) is 3.96. The van der Waals surface area contributed by atoms with Gasteiger partial charge in [-0.25, -0.2) is 0 Å². The van der Waals surface area contributed by atoms with Crippen LogP contribution in [0.15, 0.2) is 36.0 Å². The Labute approximate surface area is 181 Å². The molecule has 0 spiro atoms. The Kier molecular flexibility index (Phi) is 5.13. The van der Waals surface area contributed by atoms with E-state index in [1.165, 1.54) is 0 Å². The minimum atomic E-state index is -0.314. The number of carbonyl (C=O) groups excluding carboxylic acids is 2. The fourth-order valence-corrected chi connectivity index (χ4v) is 3.96. The van der Waals surface area contributed by atoms with Crippen molar-refractivity contribution in [1.82, 2.24) is 4.90 Å². The number of hydrogen-bond acceptors (Lipinski definition) is 6. The van der Waals surface area contributed by atoms with Crippen molar-refractivity contribution < 1.29 is 23.8 Å². The summed E-state index contributed by atoms with van der Waals surface area (Å²) < 4.78 is 16.4. The van der Waals surface area contributed by atoms with Gasteiger partial charge in [0.15, 0.2) is 18.1 Å². The van der Waals surface area contributed by atoms with Crippen LogP contribution in [0.5, 0.6) is 17.2 Å². The van der Waals surface area contributed by atoms with Crippen LogP contribution in [0.4, 0.5) is 5.69 Å². The number of allylic oxidation sites excluding steroid dienone is 1. The third kappa shape index (κ3) is 3.71. The number of ether oxygens (including phenoxy) is 3. The maximum absolute atomic E-state index is 13.6. The molecule has 7 heteroatoms. The summed E-state index contributed by atoms with van der Waals surface area (Å²) in [6, 6.07) is 8.96. The maximum atomic E-state index is 13.6. The van der Waals surface area contributed by atoms with E-state index < -0.39 is 0 Å². The highest BCUT2D eigenvalue weighted by Gasteiger charge is 2.33. The molecule has 0 bridgehead atoms. The molecule has 1 amide bonds. The van der Waals surface area contributed by atoms with Crippen molar-refractivity contribution in [2.75, 3.05) is 33.2 Å². The molecule has 2 aliphatic heterocycles. The predicted octanol–water partition coefficient (Wildman–Crippen LogP) is 3.53. The summed E-state index contributed by atoms with van der Waals surface area (Å²) >= 11 is 0. The van der Waals surface area contributed by atoms with Gasteiger partial charge in [-0.15, -0.1) is 0 Å². The van der Waals surface area contributed by atoms with E-state index in [1.807, 2.05) is 30.2 Å². The quantitative estimate of drug-likeness (QED) is 0.760. The molecule has 2 heterocycles. The smallest absolute Gasteiger partial charge is 0.262 e. The van der Waals surface area contributed by atoms with Crippen LogP contribution in [0.2, 0.25) is 0 Å². The molecule has 0 fully saturated rings. The van der Waals surface area contributed by atoms with Crippen LogP contribution in [0, 0.1) is 0 Å². The van der Waals surface area contributed by atoms with Gasteiger partial charge in [0.05, 0.1) is 25.6 Å². The molecule has 0 saturated heterocycles. The lowest BCUT2D eigenvalue weighted by Gasteiger charge is -2.37. The van der Waals surface area contributed by atoms with Gasteiger partial charge in [0, 0.05) is 18.2 Å². The van der Waals surface area contributed by atoms with E-state index in [4.69, 9.17) is 14.2 Å². The molecule has 2 aromatic rings. The van der Waals surface area contributed by atoms with Crippen LogP contribution >= 0.6 is 0 Å². The van der Waals surface area contributed by atoms with Crippen LogP contribution in [0.3, 0.4) is 0 Å². The number of amides is 1. The van der Waals surface area contributed by atoms with Crippen molar-refractivity contribution in [3.63, 3.8) is 0 Å². The van der Waals surface area contributed by atoms with Crippen molar-refractivity contribution in [3.8, 4) is 17.2 Å². The number of anilines is 1. The lowest BCUT2D eigenvalue weighted by atomic mass is 9.92.